The summed E-state index contributed by atoms with van der Waals surface area (Å²) in [5.74, 6) is -0.663. The minimum Gasteiger partial charge on any atom is -0.481 e. The van der Waals surface area contributed by atoms with E-state index in [1.807, 2.05) is 13.8 Å². The van der Waals surface area contributed by atoms with Crippen LogP contribution in [-0.4, -0.2) is 28.1 Å². The molecule has 2 fully saturated rings. The average molecular weight is 334 g/mol. The van der Waals surface area contributed by atoms with E-state index < -0.39 is 17.2 Å². The van der Waals surface area contributed by atoms with Crippen LogP contribution in [0.5, 0.6) is 0 Å². The molecule has 0 aromatic rings. The summed E-state index contributed by atoms with van der Waals surface area (Å²) < 4.78 is 6.61. The molecular weight excluding hydrogens is 304 g/mol. The minimum atomic E-state index is -0.825. The lowest BCUT2D eigenvalue weighted by Crippen LogP contribution is -2.62. The third kappa shape index (κ3) is 2.29. The zero-order chi connectivity index (χ0) is 18.0. The highest BCUT2D eigenvalue weighted by Crippen LogP contribution is 2.65. The summed E-state index contributed by atoms with van der Waals surface area (Å²) in [5, 5.41) is 9.26. The number of ether oxygens (including phenoxy) is 1. The maximum Gasteiger partial charge on any atom is 0.306 e. The Morgan fingerprint density at radius 2 is 1.88 bits per heavy atom. The summed E-state index contributed by atoms with van der Waals surface area (Å²) in [6.45, 7) is 10.5. The first-order valence-electron chi connectivity index (χ1n) is 9.10. The van der Waals surface area contributed by atoms with Gasteiger partial charge in [-0.25, -0.2) is 0 Å². The largest absolute Gasteiger partial charge is 0.481 e. The molecule has 24 heavy (non-hydrogen) atoms. The van der Waals surface area contributed by atoms with Gasteiger partial charge in [0, 0.05) is 11.3 Å². The van der Waals surface area contributed by atoms with E-state index in [0.717, 1.165) is 37.7 Å². The number of aliphatic carboxylic acids is 1. The average Bonchev–Trinajstić information content (AvgIpc) is 2.74. The molecule has 0 radical (unpaired) electrons. The molecule has 3 rings (SSSR count). The Labute approximate surface area is 144 Å². The van der Waals surface area contributed by atoms with E-state index in [-0.39, 0.29) is 29.0 Å². The van der Waals surface area contributed by atoms with E-state index in [1.54, 1.807) is 6.08 Å². The fourth-order valence-corrected chi connectivity index (χ4v) is 6.15. The van der Waals surface area contributed by atoms with Gasteiger partial charge >= 0.3 is 5.97 Å². The Hall–Kier alpha value is -1.16. The third-order valence-electron chi connectivity index (χ3n) is 7.09. The Balaban J connectivity index is 2.09. The van der Waals surface area contributed by atoms with Crippen LogP contribution in [0.2, 0.25) is 0 Å². The van der Waals surface area contributed by atoms with Crippen LogP contribution in [0.3, 0.4) is 0 Å². The van der Waals surface area contributed by atoms with Crippen LogP contribution >= 0.6 is 0 Å². The molecule has 1 saturated heterocycles. The summed E-state index contributed by atoms with van der Waals surface area (Å²) in [7, 11) is 0. The molecule has 134 valence electrons. The SMILES string of the molecule is CC1=CC(=O)[C@H]2C(C)(C)CCC[C@]2(C)[C@@]12CC[C@](C)(CC(=O)O)O2. The van der Waals surface area contributed by atoms with Crippen molar-refractivity contribution in [3.8, 4) is 0 Å². The van der Waals surface area contributed by atoms with Gasteiger partial charge in [0.05, 0.1) is 17.6 Å². The molecule has 0 unspecified atom stereocenters. The minimum absolute atomic E-state index is 0.0140. The Kier molecular flexibility index (Phi) is 3.80. The molecule has 2 aliphatic carbocycles. The Bertz CT molecular complexity index is 619. The van der Waals surface area contributed by atoms with Crippen molar-refractivity contribution in [2.24, 2.45) is 16.7 Å². The van der Waals surface area contributed by atoms with Gasteiger partial charge in [-0.2, -0.15) is 0 Å². The van der Waals surface area contributed by atoms with Gasteiger partial charge in [0.1, 0.15) is 0 Å². The van der Waals surface area contributed by atoms with E-state index in [4.69, 9.17) is 4.74 Å². The summed E-state index contributed by atoms with van der Waals surface area (Å²) in [6, 6.07) is 0. The molecule has 4 heteroatoms. The van der Waals surface area contributed by atoms with Crippen molar-refractivity contribution in [3.05, 3.63) is 11.6 Å². The second-order valence-electron chi connectivity index (χ2n) is 9.37. The number of hydrogen-bond acceptors (Lipinski definition) is 3. The van der Waals surface area contributed by atoms with Crippen molar-refractivity contribution in [1.29, 1.82) is 0 Å². The van der Waals surface area contributed by atoms with E-state index >= 15 is 0 Å². The lowest BCUT2D eigenvalue weighted by Gasteiger charge is -2.60. The van der Waals surface area contributed by atoms with Gasteiger partial charge in [-0.3, -0.25) is 9.59 Å². The maximum atomic E-state index is 12.9. The molecule has 0 amide bonds. The fraction of sp³-hybridized carbons (Fsp3) is 0.800. The molecule has 4 nitrogen and oxygen atoms in total. The quantitative estimate of drug-likeness (QED) is 0.824. The van der Waals surface area contributed by atoms with Crippen LogP contribution in [0, 0.1) is 16.7 Å². The van der Waals surface area contributed by atoms with Gasteiger partial charge in [-0.05, 0) is 56.6 Å². The molecule has 0 aromatic carbocycles. The van der Waals surface area contributed by atoms with E-state index in [0.29, 0.717) is 0 Å². The second-order valence-corrected chi connectivity index (χ2v) is 9.37. The second kappa shape index (κ2) is 5.17. The zero-order valence-electron chi connectivity index (χ0n) is 15.6. The van der Waals surface area contributed by atoms with Gasteiger partial charge in [0.2, 0.25) is 0 Å². The fourth-order valence-electron chi connectivity index (χ4n) is 6.15. The van der Waals surface area contributed by atoms with Gasteiger partial charge in [0.15, 0.2) is 5.78 Å². The highest BCUT2D eigenvalue weighted by atomic mass is 16.5. The summed E-state index contributed by atoms with van der Waals surface area (Å²) in [6.07, 6.45) is 6.42. The smallest absolute Gasteiger partial charge is 0.306 e. The molecule has 0 aromatic heterocycles. The maximum absolute atomic E-state index is 12.9. The molecule has 4 atom stereocenters. The van der Waals surface area contributed by atoms with Crippen LogP contribution in [0.15, 0.2) is 11.6 Å². The van der Waals surface area contributed by atoms with Crippen molar-refractivity contribution in [1.82, 2.24) is 0 Å². The van der Waals surface area contributed by atoms with Crippen molar-refractivity contribution in [3.63, 3.8) is 0 Å². The lowest BCUT2D eigenvalue weighted by molar-refractivity contribution is -0.194. The molecule has 1 aliphatic heterocycles. The van der Waals surface area contributed by atoms with Crippen LogP contribution in [-0.2, 0) is 14.3 Å². The number of carboxylic acids is 1. The number of ketones is 1. The predicted octanol–water partition coefficient (Wildman–Crippen LogP) is 4.13. The van der Waals surface area contributed by atoms with Crippen molar-refractivity contribution in [2.75, 3.05) is 0 Å². The van der Waals surface area contributed by atoms with Crippen molar-refractivity contribution in [2.45, 2.75) is 84.3 Å². The normalized spacial score (nSPS) is 44.3. The molecule has 1 heterocycles. The molecule has 1 N–H and O–H groups in total. The Morgan fingerprint density at radius 1 is 1.21 bits per heavy atom. The van der Waals surface area contributed by atoms with Gasteiger partial charge in [-0.1, -0.05) is 27.2 Å². The zero-order valence-corrected chi connectivity index (χ0v) is 15.6. The standard InChI is InChI=1S/C20H30O4/c1-13-11-14(21)16-17(2,3)7-6-8-19(16,5)20(13)10-9-18(4,24-20)12-15(22)23/h11,16H,6-10,12H2,1-5H3,(H,22,23)/t16-,18+,19-,20+/m0/s1. The summed E-state index contributed by atoms with van der Waals surface area (Å²) >= 11 is 0. The number of carboxylic acid groups (broad SMARTS) is 1. The van der Waals surface area contributed by atoms with E-state index in [9.17, 15) is 14.7 Å². The molecule has 1 saturated carbocycles. The number of rotatable bonds is 2. The first-order chi connectivity index (χ1) is 11.0. The molecule has 0 bridgehead atoms. The van der Waals surface area contributed by atoms with Crippen LogP contribution in [0.4, 0.5) is 0 Å². The molecule has 3 aliphatic rings. The van der Waals surface area contributed by atoms with Crippen LogP contribution in [0.1, 0.15) is 73.1 Å². The van der Waals surface area contributed by atoms with Crippen molar-refractivity contribution < 1.29 is 19.4 Å². The number of carbonyl (C=O) groups is 2. The topological polar surface area (TPSA) is 63.6 Å². The molecular formula is C20H30O4. The lowest BCUT2D eigenvalue weighted by atomic mass is 9.46. The van der Waals surface area contributed by atoms with E-state index in [2.05, 4.69) is 20.8 Å². The number of hydrogen-bond donors (Lipinski definition) is 1. The third-order valence-corrected chi connectivity index (χ3v) is 7.09. The van der Waals surface area contributed by atoms with Crippen LogP contribution in [0.25, 0.3) is 0 Å². The van der Waals surface area contributed by atoms with Gasteiger partial charge in [-0.15, -0.1) is 0 Å². The van der Waals surface area contributed by atoms with Crippen LogP contribution < -0.4 is 0 Å². The number of carbonyl (C=O) groups excluding carboxylic acids is 1. The van der Waals surface area contributed by atoms with E-state index in [1.165, 1.54) is 0 Å². The van der Waals surface area contributed by atoms with Gasteiger partial charge < -0.3 is 9.84 Å². The highest BCUT2D eigenvalue weighted by Gasteiger charge is 2.66. The number of allylic oxidation sites excluding steroid dienone is 1. The first kappa shape index (κ1) is 17.7. The monoisotopic (exact) mass is 334 g/mol. The molecule has 1 spiro atoms. The Morgan fingerprint density at radius 3 is 2.50 bits per heavy atom. The van der Waals surface area contributed by atoms with Gasteiger partial charge in [0.25, 0.3) is 0 Å². The van der Waals surface area contributed by atoms with Crippen molar-refractivity contribution >= 4 is 11.8 Å². The summed E-state index contributed by atoms with van der Waals surface area (Å²) in [4.78, 5) is 24.2. The predicted molar refractivity (Wildman–Crippen MR) is 91.7 cm³/mol. The first-order valence-corrected chi connectivity index (χ1v) is 9.10. The number of fused-ring (bicyclic) bond motifs is 2. The summed E-state index contributed by atoms with van der Waals surface area (Å²) in [5.41, 5.74) is -0.494. The highest BCUT2D eigenvalue weighted by molar-refractivity contribution is 5.95.